The van der Waals surface area contributed by atoms with E-state index in [1.807, 2.05) is 19.1 Å². The van der Waals surface area contributed by atoms with E-state index in [2.05, 4.69) is 22.2 Å². The summed E-state index contributed by atoms with van der Waals surface area (Å²) < 4.78 is 0. The molecular formula is C20H20ClN3OS2. The quantitative estimate of drug-likeness (QED) is 0.449. The van der Waals surface area contributed by atoms with Crippen LogP contribution in [0.1, 0.15) is 29.3 Å². The monoisotopic (exact) mass is 417 g/mol. The molecule has 7 heteroatoms. The Kier molecular flexibility index (Phi) is 5.39. The molecule has 0 bridgehead atoms. The zero-order chi connectivity index (χ0) is 19.0. The average Bonchev–Trinajstić information content (AvgIpc) is 3.01. The minimum Gasteiger partial charge on any atom is -0.325 e. The van der Waals surface area contributed by atoms with E-state index < -0.39 is 0 Å². The first-order valence-corrected chi connectivity index (χ1v) is 11.1. The van der Waals surface area contributed by atoms with Gasteiger partial charge in [0.25, 0.3) is 0 Å². The predicted molar refractivity (Wildman–Crippen MR) is 114 cm³/mol. The number of thiophene rings is 1. The molecule has 0 saturated heterocycles. The van der Waals surface area contributed by atoms with Crippen LogP contribution in [0.4, 0.5) is 5.69 Å². The topological polar surface area (TPSA) is 54.9 Å². The van der Waals surface area contributed by atoms with Crippen molar-refractivity contribution in [3.05, 3.63) is 45.6 Å². The summed E-state index contributed by atoms with van der Waals surface area (Å²) in [6, 6.07) is 5.54. The summed E-state index contributed by atoms with van der Waals surface area (Å²) in [4.78, 5) is 23.8. The molecule has 0 spiro atoms. The van der Waals surface area contributed by atoms with Gasteiger partial charge in [0.2, 0.25) is 5.91 Å². The SMILES string of the molecule is Cc1ccc(NC(=O)CSc2ncnc3sc4c(c23)CCC(C)C4)cc1Cl. The summed E-state index contributed by atoms with van der Waals surface area (Å²) in [6.45, 7) is 4.24. The van der Waals surface area contributed by atoms with Crippen LogP contribution in [-0.4, -0.2) is 21.6 Å². The van der Waals surface area contributed by atoms with Crippen molar-refractivity contribution in [2.45, 2.75) is 38.1 Å². The lowest BCUT2D eigenvalue weighted by Gasteiger charge is -2.18. The lowest BCUT2D eigenvalue weighted by molar-refractivity contribution is -0.113. The van der Waals surface area contributed by atoms with Gasteiger partial charge in [-0.15, -0.1) is 11.3 Å². The maximum atomic E-state index is 12.4. The highest BCUT2D eigenvalue weighted by Crippen LogP contribution is 2.40. The zero-order valence-corrected chi connectivity index (χ0v) is 17.6. The lowest BCUT2D eigenvalue weighted by atomic mass is 9.89. The van der Waals surface area contributed by atoms with Gasteiger partial charge in [-0.25, -0.2) is 9.97 Å². The summed E-state index contributed by atoms with van der Waals surface area (Å²) in [5.74, 6) is 0.963. The van der Waals surface area contributed by atoms with Crippen LogP contribution >= 0.6 is 34.7 Å². The van der Waals surface area contributed by atoms with E-state index in [1.165, 1.54) is 28.6 Å². The number of halogens is 1. The molecule has 27 heavy (non-hydrogen) atoms. The van der Waals surface area contributed by atoms with Crippen LogP contribution in [0.15, 0.2) is 29.6 Å². The minimum absolute atomic E-state index is 0.0654. The fraction of sp³-hybridized carbons (Fsp3) is 0.350. The number of nitrogens with one attached hydrogen (secondary N) is 1. The maximum Gasteiger partial charge on any atom is 0.234 e. The fourth-order valence-corrected chi connectivity index (χ4v) is 5.78. The van der Waals surface area contributed by atoms with E-state index in [-0.39, 0.29) is 5.91 Å². The first-order valence-electron chi connectivity index (χ1n) is 8.95. The summed E-state index contributed by atoms with van der Waals surface area (Å²) in [6.07, 6.45) is 5.00. The number of aromatic nitrogens is 2. The molecule has 1 aliphatic rings. The van der Waals surface area contributed by atoms with Gasteiger partial charge >= 0.3 is 0 Å². The molecule has 1 unspecified atom stereocenters. The number of thioether (sulfide) groups is 1. The van der Waals surface area contributed by atoms with Crippen molar-refractivity contribution in [1.29, 1.82) is 0 Å². The second kappa shape index (κ2) is 7.78. The van der Waals surface area contributed by atoms with E-state index in [4.69, 9.17) is 11.6 Å². The number of fused-ring (bicyclic) bond motifs is 3. The van der Waals surface area contributed by atoms with Crippen LogP contribution in [0.25, 0.3) is 10.2 Å². The third kappa shape index (κ3) is 3.98. The van der Waals surface area contributed by atoms with Crippen LogP contribution in [0, 0.1) is 12.8 Å². The number of carbonyl (C=O) groups is 1. The van der Waals surface area contributed by atoms with Crippen molar-refractivity contribution in [2.75, 3.05) is 11.1 Å². The molecule has 1 aromatic carbocycles. The molecule has 0 fully saturated rings. The van der Waals surface area contributed by atoms with Crippen LogP contribution in [0.2, 0.25) is 5.02 Å². The minimum atomic E-state index is -0.0654. The Bertz CT molecular complexity index is 1020. The van der Waals surface area contributed by atoms with Gasteiger partial charge in [0, 0.05) is 21.0 Å². The third-order valence-electron chi connectivity index (χ3n) is 4.85. The molecule has 1 aliphatic carbocycles. The van der Waals surface area contributed by atoms with E-state index >= 15 is 0 Å². The Hall–Kier alpha value is -1.63. The van der Waals surface area contributed by atoms with Crippen molar-refractivity contribution in [2.24, 2.45) is 5.92 Å². The number of benzene rings is 1. The summed E-state index contributed by atoms with van der Waals surface area (Å²) in [5, 5.41) is 5.62. The molecule has 2 heterocycles. The Morgan fingerprint density at radius 1 is 1.41 bits per heavy atom. The van der Waals surface area contributed by atoms with Crippen LogP contribution in [0.5, 0.6) is 0 Å². The number of hydrogen-bond acceptors (Lipinski definition) is 5. The zero-order valence-electron chi connectivity index (χ0n) is 15.2. The molecule has 1 N–H and O–H groups in total. The molecule has 1 atom stereocenters. The average molecular weight is 418 g/mol. The maximum absolute atomic E-state index is 12.4. The van der Waals surface area contributed by atoms with Gasteiger partial charge in [-0.3, -0.25) is 4.79 Å². The van der Waals surface area contributed by atoms with Gasteiger partial charge in [-0.05, 0) is 55.4 Å². The summed E-state index contributed by atoms with van der Waals surface area (Å²) in [7, 11) is 0. The van der Waals surface area contributed by atoms with E-state index in [0.29, 0.717) is 16.5 Å². The lowest BCUT2D eigenvalue weighted by Crippen LogP contribution is -2.14. The van der Waals surface area contributed by atoms with Gasteiger partial charge in [-0.1, -0.05) is 36.4 Å². The first-order chi connectivity index (χ1) is 13.0. The van der Waals surface area contributed by atoms with Crippen molar-refractivity contribution in [3.63, 3.8) is 0 Å². The highest BCUT2D eigenvalue weighted by atomic mass is 35.5. The molecule has 2 aromatic heterocycles. The Morgan fingerprint density at radius 3 is 3.07 bits per heavy atom. The van der Waals surface area contributed by atoms with Crippen LogP contribution in [-0.2, 0) is 17.6 Å². The van der Waals surface area contributed by atoms with Crippen molar-refractivity contribution in [1.82, 2.24) is 9.97 Å². The standard InChI is InChI=1S/C20H20ClN3OS2/c1-11-3-6-14-16(7-11)27-20-18(14)19(22-10-23-20)26-9-17(25)24-13-5-4-12(2)15(21)8-13/h4-5,8,10-11H,3,6-7,9H2,1-2H3,(H,24,25). The van der Waals surface area contributed by atoms with E-state index in [1.54, 1.807) is 23.7 Å². The largest absolute Gasteiger partial charge is 0.325 e. The molecule has 3 aromatic rings. The molecule has 0 radical (unpaired) electrons. The van der Waals surface area contributed by atoms with Gasteiger partial charge in [0.05, 0.1) is 5.75 Å². The van der Waals surface area contributed by atoms with Gasteiger partial charge in [-0.2, -0.15) is 0 Å². The molecule has 1 amide bonds. The molecule has 4 nitrogen and oxygen atoms in total. The summed E-state index contributed by atoms with van der Waals surface area (Å²) >= 11 is 9.38. The number of nitrogens with zero attached hydrogens (tertiary/aromatic N) is 2. The molecule has 0 aliphatic heterocycles. The van der Waals surface area contributed by atoms with E-state index in [0.717, 1.165) is 39.6 Å². The number of anilines is 1. The second-order valence-electron chi connectivity index (χ2n) is 7.01. The van der Waals surface area contributed by atoms with Crippen LogP contribution < -0.4 is 5.32 Å². The number of rotatable bonds is 4. The van der Waals surface area contributed by atoms with E-state index in [9.17, 15) is 4.79 Å². The Morgan fingerprint density at radius 2 is 2.26 bits per heavy atom. The number of amides is 1. The van der Waals surface area contributed by atoms with Crippen LogP contribution in [0.3, 0.4) is 0 Å². The third-order valence-corrected chi connectivity index (χ3v) is 7.41. The highest BCUT2D eigenvalue weighted by molar-refractivity contribution is 8.00. The molecule has 140 valence electrons. The smallest absolute Gasteiger partial charge is 0.234 e. The van der Waals surface area contributed by atoms with Gasteiger partial charge < -0.3 is 5.32 Å². The Balaban J connectivity index is 1.50. The number of hydrogen-bond donors (Lipinski definition) is 1. The Labute approximate surface area is 171 Å². The van der Waals surface area contributed by atoms with Crippen molar-refractivity contribution >= 4 is 56.5 Å². The van der Waals surface area contributed by atoms with Gasteiger partial charge in [0.1, 0.15) is 16.2 Å². The van der Waals surface area contributed by atoms with Gasteiger partial charge in [0.15, 0.2) is 0 Å². The van der Waals surface area contributed by atoms with Crippen molar-refractivity contribution < 1.29 is 4.79 Å². The fourth-order valence-electron chi connectivity index (χ4n) is 3.36. The first kappa shape index (κ1) is 18.7. The van der Waals surface area contributed by atoms with Crippen molar-refractivity contribution in [3.8, 4) is 0 Å². The summed E-state index contributed by atoms with van der Waals surface area (Å²) in [5.41, 5.74) is 3.09. The normalized spacial score (nSPS) is 16.3. The molecule has 4 rings (SSSR count). The number of aryl methyl sites for hydroxylation is 2. The number of carbonyl (C=O) groups excluding carboxylic acids is 1. The second-order valence-corrected chi connectivity index (χ2v) is 9.47. The highest BCUT2D eigenvalue weighted by Gasteiger charge is 2.23. The predicted octanol–water partition coefficient (Wildman–Crippen LogP) is 5.51. The molecular weight excluding hydrogens is 398 g/mol. The molecule has 0 saturated carbocycles.